The average Bonchev–Trinajstić information content (AvgIpc) is 2.46. The summed E-state index contributed by atoms with van der Waals surface area (Å²) in [5.41, 5.74) is 1.63. The van der Waals surface area contributed by atoms with Gasteiger partial charge in [-0.1, -0.05) is 37.3 Å². The molecule has 0 aliphatic heterocycles. The van der Waals surface area contributed by atoms with Gasteiger partial charge in [-0.2, -0.15) is 0 Å². The molecule has 2 aromatic carbocycles. The Morgan fingerprint density at radius 3 is 2.37 bits per heavy atom. The Hall–Kier alpha value is -2.49. The van der Waals surface area contributed by atoms with Crippen LogP contribution in [0.3, 0.4) is 0 Å². The zero-order valence-corrected chi connectivity index (χ0v) is 10.5. The highest BCUT2D eigenvalue weighted by Crippen LogP contribution is 2.20. The molecular formula is C15H13NO3. The van der Waals surface area contributed by atoms with Gasteiger partial charge in [0.25, 0.3) is 5.69 Å². The second-order valence-electron chi connectivity index (χ2n) is 4.19. The van der Waals surface area contributed by atoms with Gasteiger partial charge in [0.2, 0.25) is 0 Å². The molecule has 0 aromatic heterocycles. The number of aryl methyl sites for hydroxylation is 1. The van der Waals surface area contributed by atoms with Gasteiger partial charge in [0, 0.05) is 23.3 Å². The van der Waals surface area contributed by atoms with Gasteiger partial charge in [-0.25, -0.2) is 0 Å². The Labute approximate surface area is 110 Å². The number of benzene rings is 2. The van der Waals surface area contributed by atoms with Gasteiger partial charge in [-0.05, 0) is 18.1 Å². The topological polar surface area (TPSA) is 60.2 Å². The minimum Gasteiger partial charge on any atom is -0.289 e. The van der Waals surface area contributed by atoms with Gasteiger partial charge in [0.15, 0.2) is 5.78 Å². The zero-order chi connectivity index (χ0) is 13.8. The lowest BCUT2D eigenvalue weighted by Crippen LogP contribution is -2.03. The van der Waals surface area contributed by atoms with Crippen LogP contribution in [0.25, 0.3) is 0 Å². The first-order valence-electron chi connectivity index (χ1n) is 6.00. The smallest absolute Gasteiger partial charge is 0.270 e. The molecule has 0 aliphatic carbocycles. The van der Waals surface area contributed by atoms with Crippen molar-refractivity contribution >= 4 is 11.5 Å². The Balaban J connectivity index is 2.47. The lowest BCUT2D eigenvalue weighted by atomic mass is 10.00. The maximum Gasteiger partial charge on any atom is 0.270 e. The molecule has 0 bridgehead atoms. The van der Waals surface area contributed by atoms with E-state index in [4.69, 9.17) is 0 Å². The summed E-state index contributed by atoms with van der Waals surface area (Å²) in [6, 6.07) is 13.3. The molecule has 0 saturated carbocycles. The summed E-state index contributed by atoms with van der Waals surface area (Å²) in [5, 5.41) is 10.9. The van der Waals surface area contributed by atoms with Crippen LogP contribution >= 0.6 is 0 Å². The molecule has 2 aromatic rings. The van der Waals surface area contributed by atoms with Gasteiger partial charge in [-0.15, -0.1) is 0 Å². The van der Waals surface area contributed by atoms with E-state index in [2.05, 4.69) is 0 Å². The minimum atomic E-state index is -0.471. The van der Waals surface area contributed by atoms with Crippen LogP contribution in [0, 0.1) is 10.1 Å². The van der Waals surface area contributed by atoms with Gasteiger partial charge in [-0.3, -0.25) is 14.9 Å². The molecule has 0 radical (unpaired) electrons. The zero-order valence-electron chi connectivity index (χ0n) is 10.5. The molecule has 96 valence electrons. The Bertz CT molecular complexity index is 621. The van der Waals surface area contributed by atoms with Crippen molar-refractivity contribution in [2.24, 2.45) is 0 Å². The fourth-order valence-electron chi connectivity index (χ4n) is 1.87. The van der Waals surface area contributed by atoms with E-state index < -0.39 is 4.92 Å². The molecule has 0 amide bonds. The summed E-state index contributed by atoms with van der Waals surface area (Å²) in [4.78, 5) is 22.7. The summed E-state index contributed by atoms with van der Waals surface area (Å²) in [5.74, 6) is -0.195. The van der Waals surface area contributed by atoms with Crippen LogP contribution in [0.15, 0.2) is 48.5 Å². The van der Waals surface area contributed by atoms with E-state index in [-0.39, 0.29) is 11.5 Å². The SMILES string of the molecule is CCc1cc(C(=O)c2ccccc2)cc([N+](=O)[O-])c1. The third kappa shape index (κ3) is 2.85. The Morgan fingerprint density at radius 1 is 1.11 bits per heavy atom. The van der Waals surface area contributed by atoms with E-state index in [0.29, 0.717) is 17.5 Å². The predicted octanol–water partition coefficient (Wildman–Crippen LogP) is 3.39. The molecule has 0 spiro atoms. The molecule has 4 nitrogen and oxygen atoms in total. The normalized spacial score (nSPS) is 10.2. The van der Waals surface area contributed by atoms with Crippen molar-refractivity contribution in [3.05, 3.63) is 75.3 Å². The molecule has 0 heterocycles. The standard InChI is InChI=1S/C15H13NO3/c1-2-11-8-13(10-14(9-11)16(18)19)15(17)12-6-4-3-5-7-12/h3-10H,2H2,1H3. The second kappa shape index (κ2) is 5.44. The van der Waals surface area contributed by atoms with Crippen LogP contribution in [0.5, 0.6) is 0 Å². The first-order chi connectivity index (χ1) is 9.11. The van der Waals surface area contributed by atoms with Crippen LogP contribution in [0.1, 0.15) is 28.4 Å². The highest BCUT2D eigenvalue weighted by atomic mass is 16.6. The number of hydrogen-bond donors (Lipinski definition) is 0. The largest absolute Gasteiger partial charge is 0.289 e. The van der Waals surface area contributed by atoms with Crippen molar-refractivity contribution in [2.45, 2.75) is 13.3 Å². The monoisotopic (exact) mass is 255 g/mol. The third-order valence-electron chi connectivity index (χ3n) is 2.89. The van der Waals surface area contributed by atoms with Crippen LogP contribution in [0.4, 0.5) is 5.69 Å². The van der Waals surface area contributed by atoms with Gasteiger partial charge in [0.1, 0.15) is 0 Å². The maximum atomic E-state index is 12.3. The first-order valence-corrected chi connectivity index (χ1v) is 6.00. The number of carbonyl (C=O) groups excluding carboxylic acids is 1. The Kier molecular flexibility index (Phi) is 3.71. The van der Waals surface area contributed by atoms with Crippen molar-refractivity contribution < 1.29 is 9.72 Å². The summed E-state index contributed by atoms with van der Waals surface area (Å²) in [7, 11) is 0. The molecule has 19 heavy (non-hydrogen) atoms. The van der Waals surface area contributed by atoms with Crippen molar-refractivity contribution in [3.63, 3.8) is 0 Å². The second-order valence-corrected chi connectivity index (χ2v) is 4.19. The quantitative estimate of drug-likeness (QED) is 0.478. The van der Waals surface area contributed by atoms with E-state index in [1.54, 1.807) is 30.3 Å². The van der Waals surface area contributed by atoms with E-state index in [1.165, 1.54) is 12.1 Å². The maximum absolute atomic E-state index is 12.3. The van der Waals surface area contributed by atoms with E-state index in [0.717, 1.165) is 5.56 Å². The highest BCUT2D eigenvalue weighted by Gasteiger charge is 2.15. The third-order valence-corrected chi connectivity index (χ3v) is 2.89. The van der Waals surface area contributed by atoms with Crippen LogP contribution in [0.2, 0.25) is 0 Å². The molecule has 0 atom stereocenters. The van der Waals surface area contributed by atoms with Crippen molar-refractivity contribution in [3.8, 4) is 0 Å². The van der Waals surface area contributed by atoms with Crippen LogP contribution < -0.4 is 0 Å². The minimum absolute atomic E-state index is 0.0429. The number of hydrogen-bond acceptors (Lipinski definition) is 3. The molecule has 0 saturated heterocycles. The molecule has 0 unspecified atom stereocenters. The first kappa shape index (κ1) is 13.0. The summed E-state index contributed by atoms with van der Waals surface area (Å²) < 4.78 is 0. The van der Waals surface area contributed by atoms with Crippen LogP contribution in [-0.4, -0.2) is 10.7 Å². The molecular weight excluding hydrogens is 242 g/mol. The number of nitrogens with zero attached hydrogens (tertiary/aromatic N) is 1. The lowest BCUT2D eigenvalue weighted by molar-refractivity contribution is -0.384. The average molecular weight is 255 g/mol. The van der Waals surface area contributed by atoms with E-state index in [1.807, 2.05) is 13.0 Å². The number of rotatable bonds is 4. The van der Waals surface area contributed by atoms with E-state index >= 15 is 0 Å². The predicted molar refractivity (Wildman–Crippen MR) is 72.3 cm³/mol. The fraction of sp³-hybridized carbons (Fsp3) is 0.133. The molecule has 0 aliphatic rings. The highest BCUT2D eigenvalue weighted by molar-refractivity contribution is 6.09. The van der Waals surface area contributed by atoms with Crippen molar-refractivity contribution in [1.82, 2.24) is 0 Å². The number of ketones is 1. The number of nitro benzene ring substituents is 1. The van der Waals surface area contributed by atoms with Crippen molar-refractivity contribution in [1.29, 1.82) is 0 Å². The fourth-order valence-corrected chi connectivity index (χ4v) is 1.87. The molecule has 4 heteroatoms. The van der Waals surface area contributed by atoms with Gasteiger partial charge < -0.3 is 0 Å². The van der Waals surface area contributed by atoms with Gasteiger partial charge in [0.05, 0.1) is 4.92 Å². The van der Waals surface area contributed by atoms with Gasteiger partial charge >= 0.3 is 0 Å². The number of nitro groups is 1. The number of non-ortho nitro benzene ring substituents is 1. The Morgan fingerprint density at radius 2 is 1.79 bits per heavy atom. The van der Waals surface area contributed by atoms with E-state index in [9.17, 15) is 14.9 Å². The lowest BCUT2D eigenvalue weighted by Gasteiger charge is -2.04. The summed E-state index contributed by atoms with van der Waals surface area (Å²) in [6.45, 7) is 1.90. The summed E-state index contributed by atoms with van der Waals surface area (Å²) in [6.07, 6.45) is 0.650. The molecule has 2 rings (SSSR count). The molecule has 0 fully saturated rings. The summed E-state index contributed by atoms with van der Waals surface area (Å²) >= 11 is 0. The molecule has 0 N–H and O–H groups in total. The van der Waals surface area contributed by atoms with Crippen molar-refractivity contribution in [2.75, 3.05) is 0 Å². The number of carbonyl (C=O) groups is 1. The van der Waals surface area contributed by atoms with Crippen LogP contribution in [-0.2, 0) is 6.42 Å².